The average Bonchev–Trinajstić information content (AvgIpc) is 1.44. The van der Waals surface area contributed by atoms with E-state index in [4.69, 9.17) is 74.7 Å². The van der Waals surface area contributed by atoms with Crippen LogP contribution in [0, 0.1) is 55.7 Å². The van der Waals surface area contributed by atoms with Crippen LogP contribution in [0.5, 0.6) is 0 Å². The zero-order chi connectivity index (χ0) is 89.2. The van der Waals surface area contributed by atoms with Crippen LogP contribution in [0.4, 0.5) is 61.2 Å². The second-order valence-electron chi connectivity index (χ2n) is 27.9. The lowest BCUT2D eigenvalue weighted by Crippen LogP contribution is -2.15. The maximum absolute atomic E-state index is 16.2. The Bertz CT molecular complexity index is 7120. The summed E-state index contributed by atoms with van der Waals surface area (Å²) in [5, 5.41) is 19.0. The van der Waals surface area contributed by atoms with E-state index in [2.05, 4.69) is 89.9 Å². The van der Waals surface area contributed by atoms with Crippen LogP contribution in [-0.4, -0.2) is 115 Å². The van der Waals surface area contributed by atoms with Crippen molar-refractivity contribution in [2.24, 2.45) is 0 Å². The summed E-state index contributed by atoms with van der Waals surface area (Å²) in [6, 6.07) is 32.3. The number of pyridine rings is 3. The number of rotatable bonds is 25. The molecule has 126 heavy (non-hydrogen) atoms. The molecule has 0 unspecified atom stereocenters. The fourth-order valence-electron chi connectivity index (χ4n) is 12.2. The Morgan fingerprint density at radius 3 is 1.10 bits per heavy atom. The van der Waals surface area contributed by atoms with Crippen LogP contribution in [0.15, 0.2) is 198 Å². The fraction of sp³-hybridized carbons (Fsp3) is 0.133. The zero-order valence-corrected chi connectivity index (χ0v) is 74.4. The number of hydrogen-bond acceptors (Lipinski definition) is 25. The van der Waals surface area contributed by atoms with Crippen LogP contribution < -0.4 is 30.1 Å². The molecule has 43 heteroatoms. The highest BCUT2D eigenvalue weighted by atomic mass is 35.5. The Morgan fingerprint density at radius 1 is 0.397 bits per heavy atom. The van der Waals surface area contributed by atoms with Crippen molar-refractivity contribution in [2.45, 2.75) is 73.2 Å². The predicted molar refractivity (Wildman–Crippen MR) is 480 cm³/mol. The quantitative estimate of drug-likeness (QED) is 0.0261. The largest absolute Gasteiger partial charge is 0.395 e. The molecule has 2 aliphatic carbocycles. The van der Waals surface area contributed by atoms with Crippen molar-refractivity contribution in [1.82, 2.24) is 59.8 Å². The van der Waals surface area contributed by atoms with Gasteiger partial charge in [-0.15, -0.1) is 34.0 Å². The first-order valence-corrected chi connectivity index (χ1v) is 46.5. The molecule has 0 bridgehead atoms. The summed E-state index contributed by atoms with van der Waals surface area (Å²) < 4.78 is 177. The second-order valence-corrected chi connectivity index (χ2v) is 38.1. The Morgan fingerprint density at radius 2 is 0.754 bits per heavy atom. The van der Waals surface area contributed by atoms with E-state index >= 15 is 13.2 Å². The average molecular weight is 1940 g/mol. The molecular formula is C83H60Cl6F6N18O7S6. The van der Waals surface area contributed by atoms with E-state index in [1.54, 1.807) is 69.6 Å². The Balaban J connectivity index is 0.000000146. The predicted octanol–water partition coefficient (Wildman–Crippen LogP) is 21.6. The Labute approximate surface area is 757 Å². The molecule has 0 amide bonds. The number of aliphatic hydroxyl groups is 1. The minimum atomic E-state index is -4.41. The second kappa shape index (κ2) is 37.8. The summed E-state index contributed by atoms with van der Waals surface area (Å²) in [5.41, 5.74) is 3.25. The molecule has 2 saturated carbocycles. The third kappa shape index (κ3) is 20.1. The van der Waals surface area contributed by atoms with E-state index in [0.29, 0.717) is 104 Å². The number of nitrogens with zero attached hydrogens (tertiary/aromatic N) is 12. The van der Waals surface area contributed by atoms with Crippen LogP contribution >= 0.6 is 104 Å². The number of nitrogens with one attached hydrogen (secondary N) is 6. The molecule has 25 nitrogen and oxygen atoms in total. The summed E-state index contributed by atoms with van der Waals surface area (Å²) in [4.78, 5) is 52.4. The summed E-state index contributed by atoms with van der Waals surface area (Å²) in [7, 11) is -13.2. The number of aryl methyl sites for hydroxylation is 3. The smallest absolute Gasteiger partial charge is 0.264 e. The first-order valence-electron chi connectivity index (χ1n) is 37.3. The molecule has 6 aromatic carbocycles. The molecule has 9 heterocycles. The van der Waals surface area contributed by atoms with Crippen molar-refractivity contribution in [2.75, 3.05) is 43.3 Å². The van der Waals surface area contributed by atoms with Gasteiger partial charge in [0.25, 0.3) is 30.1 Å². The van der Waals surface area contributed by atoms with Crippen LogP contribution in [0.3, 0.4) is 0 Å². The number of halogens is 12. The number of thiazole rings is 3. The zero-order valence-electron chi connectivity index (χ0n) is 65.0. The third-order valence-corrected chi connectivity index (χ3v) is 29.4. The maximum Gasteiger partial charge on any atom is 0.264 e. The van der Waals surface area contributed by atoms with Gasteiger partial charge in [-0.3, -0.25) is 29.1 Å². The Hall–Kier alpha value is -11.2. The number of hydrogen-bond donors (Lipinski definition) is 7. The molecule has 0 saturated heterocycles. The first kappa shape index (κ1) is 89.6. The van der Waals surface area contributed by atoms with E-state index in [1.807, 2.05) is 0 Å². The van der Waals surface area contributed by atoms with Gasteiger partial charge in [0.1, 0.15) is 47.2 Å². The highest BCUT2D eigenvalue weighted by Crippen LogP contribution is 2.48. The van der Waals surface area contributed by atoms with Gasteiger partial charge in [-0.05, 0) is 160 Å². The molecule has 15 aromatic rings. The molecule has 0 spiro atoms. The normalized spacial score (nSPS) is 12.7. The minimum Gasteiger partial charge on any atom is -0.395 e. The molecule has 644 valence electrons. The van der Waals surface area contributed by atoms with Crippen molar-refractivity contribution >= 4 is 169 Å². The Kier molecular flexibility index (Phi) is 26.9. The van der Waals surface area contributed by atoms with E-state index in [1.165, 1.54) is 138 Å². The van der Waals surface area contributed by atoms with Crippen LogP contribution in [0.1, 0.15) is 42.4 Å². The van der Waals surface area contributed by atoms with Gasteiger partial charge < -0.3 is 21.1 Å². The number of aromatic nitrogens is 12. The topological polar surface area (TPSA) is 350 Å². The molecule has 7 N–H and O–H groups in total. The fourth-order valence-corrected chi connectivity index (χ4v) is 22.1. The van der Waals surface area contributed by atoms with Gasteiger partial charge in [0.2, 0.25) is 17.8 Å². The number of sulfonamides is 3. The lowest BCUT2D eigenvalue weighted by atomic mass is 10.1. The van der Waals surface area contributed by atoms with E-state index in [0.717, 1.165) is 55.6 Å². The number of benzene rings is 6. The molecule has 2 aliphatic rings. The maximum atomic E-state index is 16.2. The van der Waals surface area contributed by atoms with Crippen molar-refractivity contribution in [3.63, 3.8) is 0 Å². The monoisotopic (exact) mass is 1940 g/mol. The van der Waals surface area contributed by atoms with E-state index in [-0.39, 0.29) is 115 Å². The van der Waals surface area contributed by atoms with Gasteiger partial charge in [-0.2, -0.15) is 0 Å². The molecule has 9 aromatic heterocycles. The molecular weight excluding hydrogens is 1880 g/mol. The van der Waals surface area contributed by atoms with Gasteiger partial charge in [0.05, 0.1) is 127 Å². The van der Waals surface area contributed by atoms with Crippen molar-refractivity contribution in [1.29, 1.82) is 0 Å². The summed E-state index contributed by atoms with van der Waals surface area (Å²) in [6.07, 6.45) is 14.8. The SMILES string of the molecule is Cc1ccc(Cl)c(S(=O)(=O)Nc2cccc(-c3nc(-c4ccc(F)cn4)sc3-c3ccnc(NC4CC4)n3)c2F)c1Cl.Cc1ccc(Cl)c(S(=O)(=O)Nc2cccc(-c3nc(-c4cncc(F)c4)sc3-c3ccnc(NC4CC4)n3)c2F)c1Cl.Cc1ccc(Cl)c(S(=O)(=O)Nc2cccc(-c3nc(-c4cncc(F)c4)sc3-c3ccnc(NCCO)n3)c2F)c1Cl. The van der Waals surface area contributed by atoms with E-state index < -0.39 is 65.0 Å². The lowest BCUT2D eigenvalue weighted by Gasteiger charge is -2.14. The molecule has 17 rings (SSSR count). The van der Waals surface area contributed by atoms with Crippen molar-refractivity contribution in [3.8, 4) is 97.3 Å². The minimum absolute atomic E-state index is 0.00573. The van der Waals surface area contributed by atoms with Crippen LogP contribution in [-0.2, 0) is 30.1 Å². The van der Waals surface area contributed by atoms with Gasteiger partial charge in [0.15, 0.2) is 17.5 Å². The van der Waals surface area contributed by atoms with Gasteiger partial charge in [0, 0.05) is 77.4 Å². The summed E-state index contributed by atoms with van der Waals surface area (Å²) in [6.45, 7) is 4.93. The highest BCUT2D eigenvalue weighted by molar-refractivity contribution is 7.93. The molecule has 2 fully saturated rings. The lowest BCUT2D eigenvalue weighted by molar-refractivity contribution is 0.311. The van der Waals surface area contributed by atoms with Crippen molar-refractivity contribution < 1.29 is 56.7 Å². The van der Waals surface area contributed by atoms with Gasteiger partial charge in [-0.25, -0.2) is 96.5 Å². The highest BCUT2D eigenvalue weighted by Gasteiger charge is 2.33. The van der Waals surface area contributed by atoms with Crippen LogP contribution in [0.2, 0.25) is 30.1 Å². The first-order chi connectivity index (χ1) is 60.3. The van der Waals surface area contributed by atoms with Gasteiger partial charge in [-0.1, -0.05) is 106 Å². The molecule has 0 radical (unpaired) electrons. The standard InChI is InChI=1S/2C28H20Cl2F2N6O2S2.C27H20Cl2F2N6O3S2/c1-14-5-9-18(29)26(22(14)30)42(39,40)38-19-4-2-3-17(23(19)32)24-25(20-11-12-33-28(36-20)35-16-7-8-16)41-27(37-24)21-10-6-15(31)13-34-21;1-14-5-8-19(29)26(22(14)30)42(39,40)38-20-4-2-3-18(23(20)32)24-25(21-9-10-34-28(36-21)35-17-6-7-17)41-27(37-24)15-11-16(31)13-33-12-15;1-14-5-6-18(28)25(21(14)29)42(39,40)37-19-4-2-3-17(22(19)31)23-24(20-7-8-33-27(35-20)34-9-10-38)41-26(36-23)15-11-16(30)13-32-12-15/h2-6,9-13,16,38H,7-8H2,1H3,(H,33,35,36);2-5,8-13,17,38H,6-7H2,1H3,(H,34,35,36);2-8,11-13,37-38H,9-10H2,1H3,(H,33,34,35). The molecule has 0 atom stereocenters. The van der Waals surface area contributed by atoms with Crippen molar-refractivity contribution in [3.05, 3.63) is 265 Å². The van der Waals surface area contributed by atoms with Crippen LogP contribution in [0.25, 0.3) is 97.3 Å². The van der Waals surface area contributed by atoms with E-state index in [9.17, 15) is 38.4 Å². The van der Waals surface area contributed by atoms with Gasteiger partial charge >= 0.3 is 0 Å². The molecule has 0 aliphatic heterocycles. The number of aliphatic hydroxyl groups excluding tert-OH is 1. The summed E-state index contributed by atoms with van der Waals surface area (Å²) >= 11 is 40.8. The third-order valence-electron chi connectivity index (χ3n) is 18.6. The number of anilines is 6. The summed E-state index contributed by atoms with van der Waals surface area (Å²) in [5.74, 6) is -3.30.